The number of allylic oxidation sites excluding steroid dienone is 1. The average molecular weight is 314 g/mol. The molecule has 0 unspecified atom stereocenters. The topological polar surface area (TPSA) is 19.0 Å². The van der Waals surface area contributed by atoms with E-state index in [1.165, 1.54) is 27.6 Å². The van der Waals surface area contributed by atoms with Gasteiger partial charge in [-0.2, -0.15) is 0 Å². The largest absolute Gasteiger partial charge is 0.361 e. The van der Waals surface area contributed by atoms with Crippen molar-refractivity contribution < 1.29 is 0 Å². The van der Waals surface area contributed by atoms with E-state index in [2.05, 4.69) is 88.9 Å². The van der Waals surface area contributed by atoms with Gasteiger partial charge in [-0.05, 0) is 29.2 Å². The molecule has 0 saturated carbocycles. The monoisotopic (exact) mass is 314 g/mol. The van der Waals surface area contributed by atoms with E-state index in [1.54, 1.807) is 0 Å². The van der Waals surface area contributed by atoms with Crippen molar-refractivity contribution in [2.45, 2.75) is 13.0 Å². The molecule has 3 aromatic rings. The minimum absolute atomic E-state index is 1.01. The molecule has 0 fully saturated rings. The Bertz CT molecular complexity index is 871. The van der Waals surface area contributed by atoms with E-state index >= 15 is 0 Å². The summed E-state index contributed by atoms with van der Waals surface area (Å²) < 4.78 is 0. The summed E-state index contributed by atoms with van der Waals surface area (Å²) in [5.41, 5.74) is 5.32. The molecule has 4 rings (SSSR count). The summed E-state index contributed by atoms with van der Waals surface area (Å²) in [6.07, 6.45) is 10.1. The summed E-state index contributed by atoms with van der Waals surface area (Å²) >= 11 is 0. The van der Waals surface area contributed by atoms with Gasteiger partial charge in [0.05, 0.1) is 0 Å². The molecule has 1 aliphatic heterocycles. The van der Waals surface area contributed by atoms with Gasteiger partial charge in [0.1, 0.15) is 0 Å². The maximum atomic E-state index is 3.37. The fourth-order valence-corrected chi connectivity index (χ4v) is 3.29. The van der Waals surface area contributed by atoms with Gasteiger partial charge in [-0.15, -0.1) is 0 Å². The number of hydrogen-bond donors (Lipinski definition) is 1. The Balaban J connectivity index is 1.40. The Kier molecular flexibility index (Phi) is 4.30. The molecule has 0 saturated heterocycles. The average Bonchev–Trinajstić information content (AvgIpc) is 3.05. The van der Waals surface area contributed by atoms with E-state index in [-0.39, 0.29) is 0 Å². The molecule has 1 aliphatic rings. The normalized spacial score (nSPS) is 15.9. The lowest BCUT2D eigenvalue weighted by Gasteiger charge is -2.25. The molecule has 24 heavy (non-hydrogen) atoms. The lowest BCUT2D eigenvalue weighted by Crippen LogP contribution is -2.27. The van der Waals surface area contributed by atoms with Crippen LogP contribution in [0.5, 0.6) is 0 Å². The molecule has 1 aromatic heterocycles. The third-order valence-corrected chi connectivity index (χ3v) is 4.69. The first-order valence-corrected chi connectivity index (χ1v) is 8.58. The molecule has 2 aromatic carbocycles. The van der Waals surface area contributed by atoms with Crippen molar-refractivity contribution in [3.63, 3.8) is 0 Å². The van der Waals surface area contributed by atoms with Crippen LogP contribution in [0.3, 0.4) is 0 Å². The van der Waals surface area contributed by atoms with Gasteiger partial charge in [0.15, 0.2) is 0 Å². The number of H-pyrrole nitrogens is 1. The fraction of sp³-hybridized carbons (Fsp3) is 0.182. The number of nitrogens with zero attached hydrogens (tertiary/aromatic N) is 1. The Labute approximate surface area is 143 Å². The van der Waals surface area contributed by atoms with Crippen LogP contribution in [0.2, 0.25) is 0 Å². The van der Waals surface area contributed by atoms with Gasteiger partial charge in [-0.3, -0.25) is 4.90 Å². The second-order valence-corrected chi connectivity index (χ2v) is 6.37. The molecule has 2 heteroatoms. The quantitative estimate of drug-likeness (QED) is 0.717. The van der Waals surface area contributed by atoms with E-state index in [4.69, 9.17) is 0 Å². The molecule has 2 heterocycles. The molecule has 1 N–H and O–H groups in total. The molecule has 120 valence electrons. The second kappa shape index (κ2) is 6.90. The van der Waals surface area contributed by atoms with Gasteiger partial charge in [0, 0.05) is 36.7 Å². The number of hydrogen-bond acceptors (Lipinski definition) is 1. The highest BCUT2D eigenvalue weighted by Gasteiger charge is 2.12. The van der Waals surface area contributed by atoms with Crippen molar-refractivity contribution in [1.82, 2.24) is 9.88 Å². The highest BCUT2D eigenvalue weighted by Crippen LogP contribution is 2.21. The van der Waals surface area contributed by atoms with E-state index < -0.39 is 0 Å². The minimum Gasteiger partial charge on any atom is -0.361 e. The standard InChI is InChI=1S/C22H22N2/c1-2-6-18(7-3-1)10-11-19-12-14-24(15-13-19)17-20-16-23-22-9-5-4-8-21(20)22/h1-12,16,23H,13-15,17H2. The first kappa shape index (κ1) is 15.0. The van der Waals surface area contributed by atoms with E-state index in [1.807, 2.05) is 0 Å². The molecule has 0 aliphatic carbocycles. The highest BCUT2D eigenvalue weighted by molar-refractivity contribution is 5.82. The molecular formula is C22H22N2. The van der Waals surface area contributed by atoms with Crippen LogP contribution in [-0.4, -0.2) is 23.0 Å². The number of fused-ring (bicyclic) bond motifs is 1. The summed E-state index contributed by atoms with van der Waals surface area (Å²) in [5.74, 6) is 0. The van der Waals surface area contributed by atoms with Crippen molar-refractivity contribution in [2.24, 2.45) is 0 Å². The van der Waals surface area contributed by atoms with Crippen LogP contribution in [0.25, 0.3) is 17.0 Å². The Morgan fingerprint density at radius 3 is 2.62 bits per heavy atom. The van der Waals surface area contributed by atoms with Crippen LogP contribution in [0.1, 0.15) is 17.5 Å². The molecule has 0 radical (unpaired) electrons. The van der Waals surface area contributed by atoms with E-state index in [0.29, 0.717) is 0 Å². The molecule has 0 atom stereocenters. The fourth-order valence-electron chi connectivity index (χ4n) is 3.29. The summed E-state index contributed by atoms with van der Waals surface area (Å²) in [7, 11) is 0. The zero-order valence-electron chi connectivity index (χ0n) is 13.8. The second-order valence-electron chi connectivity index (χ2n) is 6.37. The number of benzene rings is 2. The van der Waals surface area contributed by atoms with E-state index in [0.717, 1.165) is 26.1 Å². The third-order valence-electron chi connectivity index (χ3n) is 4.69. The first-order chi connectivity index (χ1) is 11.9. The highest BCUT2D eigenvalue weighted by atomic mass is 15.1. The maximum Gasteiger partial charge on any atom is 0.0457 e. The zero-order chi connectivity index (χ0) is 16.2. The zero-order valence-corrected chi connectivity index (χ0v) is 13.8. The minimum atomic E-state index is 1.01. The van der Waals surface area contributed by atoms with Crippen LogP contribution in [0.4, 0.5) is 0 Å². The van der Waals surface area contributed by atoms with Gasteiger partial charge in [0.25, 0.3) is 0 Å². The van der Waals surface area contributed by atoms with Crippen molar-refractivity contribution in [1.29, 1.82) is 0 Å². The van der Waals surface area contributed by atoms with Crippen LogP contribution in [-0.2, 0) is 6.54 Å². The number of aromatic nitrogens is 1. The SMILES string of the molecule is C(=Cc1ccccc1)C1=CCN(Cc2c[nH]c3ccccc23)CC1. The number of nitrogens with one attached hydrogen (secondary N) is 1. The van der Waals surface area contributed by atoms with Gasteiger partial charge in [-0.25, -0.2) is 0 Å². The van der Waals surface area contributed by atoms with Crippen LogP contribution >= 0.6 is 0 Å². The van der Waals surface area contributed by atoms with Gasteiger partial charge < -0.3 is 4.98 Å². The number of aromatic amines is 1. The summed E-state index contributed by atoms with van der Waals surface area (Å²) in [6, 6.07) is 19.0. The third kappa shape index (κ3) is 3.34. The maximum absolute atomic E-state index is 3.37. The lowest BCUT2D eigenvalue weighted by atomic mass is 10.1. The van der Waals surface area contributed by atoms with Crippen molar-refractivity contribution in [3.8, 4) is 0 Å². The number of para-hydroxylation sites is 1. The molecular weight excluding hydrogens is 292 g/mol. The molecule has 0 amide bonds. The predicted molar refractivity (Wildman–Crippen MR) is 102 cm³/mol. The van der Waals surface area contributed by atoms with Crippen LogP contribution in [0, 0.1) is 0 Å². The number of rotatable bonds is 4. The predicted octanol–water partition coefficient (Wildman–Crippen LogP) is 5.01. The van der Waals surface area contributed by atoms with Crippen LogP contribution in [0.15, 0.2) is 78.5 Å². The van der Waals surface area contributed by atoms with Crippen molar-refractivity contribution in [3.05, 3.63) is 89.6 Å². The van der Waals surface area contributed by atoms with Gasteiger partial charge in [0.2, 0.25) is 0 Å². The Morgan fingerprint density at radius 2 is 1.79 bits per heavy atom. The van der Waals surface area contributed by atoms with Gasteiger partial charge >= 0.3 is 0 Å². The lowest BCUT2D eigenvalue weighted by molar-refractivity contribution is 0.288. The summed E-state index contributed by atoms with van der Waals surface area (Å²) in [4.78, 5) is 5.88. The van der Waals surface area contributed by atoms with Crippen molar-refractivity contribution >= 4 is 17.0 Å². The Morgan fingerprint density at radius 1 is 0.958 bits per heavy atom. The van der Waals surface area contributed by atoms with E-state index in [9.17, 15) is 0 Å². The first-order valence-electron chi connectivity index (χ1n) is 8.58. The van der Waals surface area contributed by atoms with Crippen LogP contribution < -0.4 is 0 Å². The summed E-state index contributed by atoms with van der Waals surface area (Å²) in [6.45, 7) is 3.15. The summed E-state index contributed by atoms with van der Waals surface area (Å²) in [5, 5.41) is 1.34. The Hall–Kier alpha value is -2.58. The van der Waals surface area contributed by atoms with Crippen molar-refractivity contribution in [2.75, 3.05) is 13.1 Å². The molecule has 0 spiro atoms. The molecule has 2 nitrogen and oxygen atoms in total. The smallest absolute Gasteiger partial charge is 0.0457 e. The molecule has 0 bridgehead atoms. The van der Waals surface area contributed by atoms with Gasteiger partial charge in [-0.1, -0.05) is 66.8 Å².